The number of allylic oxidation sites excluding steroid dienone is 1. The van der Waals surface area contributed by atoms with Crippen molar-refractivity contribution in [1.82, 2.24) is 0 Å². The van der Waals surface area contributed by atoms with E-state index in [0.29, 0.717) is 11.8 Å². The Bertz CT molecular complexity index is 262. The highest BCUT2D eigenvalue weighted by Crippen LogP contribution is 2.49. The van der Waals surface area contributed by atoms with Crippen molar-refractivity contribution in [2.45, 2.75) is 58.5 Å². The van der Waals surface area contributed by atoms with Crippen molar-refractivity contribution < 1.29 is 9.47 Å². The van der Waals surface area contributed by atoms with Crippen LogP contribution in [0.25, 0.3) is 0 Å². The lowest BCUT2D eigenvalue weighted by Gasteiger charge is -2.22. The van der Waals surface area contributed by atoms with E-state index in [2.05, 4.69) is 34.3 Å². The molecule has 0 unspecified atom stereocenters. The maximum Gasteiger partial charge on any atom is 0.170 e. The topological polar surface area (TPSA) is 18.5 Å². The molecular weight excluding hydrogens is 188 g/mol. The Balaban J connectivity index is 2.11. The van der Waals surface area contributed by atoms with Gasteiger partial charge in [-0.25, -0.2) is 0 Å². The lowest BCUT2D eigenvalue weighted by atomic mass is 9.92. The summed E-state index contributed by atoms with van der Waals surface area (Å²) < 4.78 is 12.0. The molecule has 1 aliphatic carbocycles. The Labute approximate surface area is 92.6 Å². The normalized spacial score (nSPS) is 43.7. The first-order valence-corrected chi connectivity index (χ1v) is 5.94. The van der Waals surface area contributed by atoms with Crippen molar-refractivity contribution in [2.75, 3.05) is 0 Å². The maximum atomic E-state index is 6.01. The van der Waals surface area contributed by atoms with Crippen molar-refractivity contribution in [3.63, 3.8) is 0 Å². The highest BCUT2D eigenvalue weighted by molar-refractivity contribution is 5.06. The second-order valence-electron chi connectivity index (χ2n) is 5.40. The molecule has 1 saturated heterocycles. The molecule has 2 heteroatoms. The van der Waals surface area contributed by atoms with Crippen LogP contribution >= 0.6 is 0 Å². The summed E-state index contributed by atoms with van der Waals surface area (Å²) in [5.41, 5.74) is 1.26. The van der Waals surface area contributed by atoms with Gasteiger partial charge in [-0.1, -0.05) is 19.1 Å². The van der Waals surface area contributed by atoms with E-state index in [-0.39, 0.29) is 18.0 Å². The molecule has 1 aliphatic heterocycles. The van der Waals surface area contributed by atoms with Crippen LogP contribution in [0.1, 0.15) is 40.5 Å². The van der Waals surface area contributed by atoms with Gasteiger partial charge in [0.25, 0.3) is 0 Å². The third kappa shape index (κ3) is 1.85. The van der Waals surface area contributed by atoms with Gasteiger partial charge in [0.1, 0.15) is 0 Å². The van der Waals surface area contributed by atoms with Crippen molar-refractivity contribution >= 4 is 0 Å². The second kappa shape index (κ2) is 3.60. The van der Waals surface area contributed by atoms with Crippen LogP contribution in [-0.4, -0.2) is 18.0 Å². The summed E-state index contributed by atoms with van der Waals surface area (Å²) in [5.74, 6) is 0.879. The van der Waals surface area contributed by atoms with E-state index >= 15 is 0 Å². The lowest BCUT2D eigenvalue weighted by molar-refractivity contribution is -0.169. The summed E-state index contributed by atoms with van der Waals surface area (Å²) in [4.78, 5) is 0. The predicted octanol–water partition coefficient (Wildman–Crippen LogP) is 3.13. The van der Waals surface area contributed by atoms with Gasteiger partial charge in [0.15, 0.2) is 5.79 Å². The minimum atomic E-state index is -0.304. The predicted molar refractivity (Wildman–Crippen MR) is 60.5 cm³/mol. The van der Waals surface area contributed by atoms with Gasteiger partial charge in [-0.3, -0.25) is 0 Å². The van der Waals surface area contributed by atoms with Crippen molar-refractivity contribution in [2.24, 2.45) is 11.8 Å². The van der Waals surface area contributed by atoms with Gasteiger partial charge >= 0.3 is 0 Å². The summed E-state index contributed by atoms with van der Waals surface area (Å²) in [6.07, 6.45) is 2.44. The van der Waals surface area contributed by atoms with Crippen molar-refractivity contribution in [3.8, 4) is 0 Å². The Morgan fingerprint density at radius 1 is 1.13 bits per heavy atom. The SMILES string of the molecule is C=C(C)[C@@H]1CC2(C[C@@H]1C)O[C@H](C)[C@@H](C)O2. The summed E-state index contributed by atoms with van der Waals surface area (Å²) in [7, 11) is 0. The maximum absolute atomic E-state index is 6.01. The van der Waals surface area contributed by atoms with Gasteiger partial charge < -0.3 is 9.47 Å². The summed E-state index contributed by atoms with van der Waals surface area (Å²) >= 11 is 0. The molecule has 0 aromatic rings. The molecule has 0 amide bonds. The third-order valence-corrected chi connectivity index (χ3v) is 3.95. The number of ether oxygens (including phenoxy) is 2. The van der Waals surface area contributed by atoms with Gasteiger partial charge in [0.05, 0.1) is 12.2 Å². The molecule has 2 rings (SSSR count). The molecule has 2 aliphatic rings. The van der Waals surface area contributed by atoms with Gasteiger partial charge in [-0.15, -0.1) is 0 Å². The second-order valence-corrected chi connectivity index (χ2v) is 5.40. The molecule has 86 valence electrons. The van der Waals surface area contributed by atoms with E-state index in [4.69, 9.17) is 9.47 Å². The fourth-order valence-electron chi connectivity index (χ4n) is 3.00. The van der Waals surface area contributed by atoms with Crippen molar-refractivity contribution in [1.29, 1.82) is 0 Å². The molecule has 1 spiro atoms. The average molecular weight is 210 g/mol. The van der Waals surface area contributed by atoms with Gasteiger partial charge in [0, 0.05) is 12.8 Å². The lowest BCUT2D eigenvalue weighted by Crippen LogP contribution is -2.27. The quantitative estimate of drug-likeness (QED) is 0.619. The zero-order valence-electron chi connectivity index (χ0n) is 10.2. The van der Waals surface area contributed by atoms with E-state index in [1.807, 2.05) is 0 Å². The summed E-state index contributed by atoms with van der Waals surface area (Å²) in [6, 6.07) is 0. The van der Waals surface area contributed by atoms with Gasteiger partial charge in [-0.05, 0) is 32.6 Å². The molecule has 0 radical (unpaired) electrons. The van der Waals surface area contributed by atoms with Crippen LogP contribution in [0.5, 0.6) is 0 Å². The fourth-order valence-corrected chi connectivity index (χ4v) is 3.00. The van der Waals surface area contributed by atoms with Crippen LogP contribution in [0.3, 0.4) is 0 Å². The van der Waals surface area contributed by atoms with E-state index in [0.717, 1.165) is 12.8 Å². The Kier molecular flexibility index (Phi) is 2.68. The first-order chi connectivity index (χ1) is 6.93. The molecule has 2 nitrogen and oxygen atoms in total. The van der Waals surface area contributed by atoms with Crippen LogP contribution in [-0.2, 0) is 9.47 Å². The molecule has 15 heavy (non-hydrogen) atoms. The van der Waals surface area contributed by atoms with Crippen LogP contribution in [0, 0.1) is 11.8 Å². The highest BCUT2D eigenvalue weighted by Gasteiger charge is 2.51. The fraction of sp³-hybridized carbons (Fsp3) is 0.846. The first-order valence-electron chi connectivity index (χ1n) is 5.94. The smallest absolute Gasteiger partial charge is 0.170 e. The monoisotopic (exact) mass is 210 g/mol. The minimum Gasteiger partial charge on any atom is -0.344 e. The van der Waals surface area contributed by atoms with Gasteiger partial charge in [-0.2, -0.15) is 0 Å². The number of rotatable bonds is 1. The van der Waals surface area contributed by atoms with Crippen LogP contribution in [0.15, 0.2) is 12.2 Å². The average Bonchev–Trinajstić information content (AvgIpc) is 2.55. The number of hydrogen-bond acceptors (Lipinski definition) is 2. The Morgan fingerprint density at radius 3 is 2.07 bits per heavy atom. The van der Waals surface area contributed by atoms with E-state index in [1.165, 1.54) is 5.57 Å². The van der Waals surface area contributed by atoms with E-state index < -0.39 is 0 Å². The van der Waals surface area contributed by atoms with E-state index in [9.17, 15) is 0 Å². The molecule has 0 aromatic heterocycles. The van der Waals surface area contributed by atoms with Crippen LogP contribution in [0.4, 0.5) is 0 Å². The minimum absolute atomic E-state index is 0.223. The molecular formula is C13H22O2. The standard InChI is InChI=1S/C13H22O2/c1-8(2)12-7-13(6-9(12)3)14-10(4)11(5)15-13/h9-12H,1,6-7H2,2-5H3/t9-,10+,11+,12-/m0/s1. The van der Waals surface area contributed by atoms with Crippen molar-refractivity contribution in [3.05, 3.63) is 12.2 Å². The number of hydrogen-bond donors (Lipinski definition) is 0. The zero-order chi connectivity index (χ0) is 11.2. The molecule has 0 bridgehead atoms. The zero-order valence-corrected chi connectivity index (χ0v) is 10.2. The highest BCUT2D eigenvalue weighted by atomic mass is 16.8. The van der Waals surface area contributed by atoms with Crippen LogP contribution in [0.2, 0.25) is 0 Å². The Hall–Kier alpha value is -0.340. The first kappa shape index (κ1) is 11.2. The molecule has 0 N–H and O–H groups in total. The molecule has 0 aromatic carbocycles. The largest absolute Gasteiger partial charge is 0.344 e. The van der Waals surface area contributed by atoms with Crippen LogP contribution < -0.4 is 0 Å². The van der Waals surface area contributed by atoms with E-state index in [1.54, 1.807) is 0 Å². The third-order valence-electron chi connectivity index (χ3n) is 3.95. The molecule has 4 atom stereocenters. The molecule has 2 fully saturated rings. The molecule has 1 heterocycles. The molecule has 1 saturated carbocycles. The summed E-state index contributed by atoms with van der Waals surface area (Å²) in [5, 5.41) is 0. The summed E-state index contributed by atoms with van der Waals surface area (Å²) in [6.45, 7) is 12.6. The Morgan fingerprint density at radius 2 is 1.67 bits per heavy atom. The van der Waals surface area contributed by atoms with Gasteiger partial charge in [0.2, 0.25) is 0 Å².